The molecule has 0 aliphatic heterocycles. The van der Waals surface area contributed by atoms with Gasteiger partial charge in [0.25, 0.3) is 6.04 Å². The summed E-state index contributed by atoms with van der Waals surface area (Å²) < 4.78 is 0. The van der Waals surface area contributed by atoms with E-state index < -0.39 is 11.0 Å². The van der Waals surface area contributed by atoms with Gasteiger partial charge in [-0.1, -0.05) is 24.4 Å². The molecule has 1 rings (SSSR count). The molecule has 1 aliphatic rings. The van der Waals surface area contributed by atoms with E-state index in [9.17, 15) is 10.1 Å². The van der Waals surface area contributed by atoms with Crippen molar-refractivity contribution in [3.63, 3.8) is 0 Å². The van der Waals surface area contributed by atoms with Gasteiger partial charge < -0.3 is 0 Å². The number of rotatable bonds is 1. The average Bonchev–Trinajstić information content (AvgIpc) is 1.88. The van der Waals surface area contributed by atoms with Crippen LogP contribution in [0.5, 0.6) is 0 Å². The maximum Gasteiger partial charge on any atom is 0.267 e. The van der Waals surface area contributed by atoms with Crippen molar-refractivity contribution in [1.82, 2.24) is 0 Å². The summed E-state index contributed by atoms with van der Waals surface area (Å²) in [6.07, 6.45) is 7.18. The van der Waals surface area contributed by atoms with Crippen molar-refractivity contribution >= 4 is 17.1 Å². The average molecular weight is 154 g/mol. The SMILES string of the molecule is O=[N+]([O-])C1C=CC=[C]C1=S. The molecule has 1 radical (unpaired) electrons. The molecule has 10 heavy (non-hydrogen) atoms. The Labute approximate surface area is 63.2 Å². The van der Waals surface area contributed by atoms with E-state index in [2.05, 4.69) is 18.3 Å². The number of nitrogens with zero attached hydrogens (tertiary/aromatic N) is 1. The fraction of sp³-hybridized carbons (Fsp3) is 0.167. The lowest BCUT2D eigenvalue weighted by molar-refractivity contribution is -0.489. The van der Waals surface area contributed by atoms with Crippen LogP contribution in [0.3, 0.4) is 0 Å². The monoisotopic (exact) mass is 154 g/mol. The van der Waals surface area contributed by atoms with Crippen LogP contribution in [0.15, 0.2) is 18.2 Å². The van der Waals surface area contributed by atoms with Crippen molar-refractivity contribution in [1.29, 1.82) is 0 Å². The third kappa shape index (κ3) is 1.27. The van der Waals surface area contributed by atoms with E-state index in [1.165, 1.54) is 6.08 Å². The number of hydrogen-bond acceptors (Lipinski definition) is 3. The molecule has 1 unspecified atom stereocenters. The Morgan fingerprint density at radius 2 is 2.50 bits per heavy atom. The second kappa shape index (κ2) is 2.70. The third-order valence-corrected chi connectivity index (χ3v) is 1.47. The first-order valence-corrected chi connectivity index (χ1v) is 3.06. The van der Waals surface area contributed by atoms with E-state index in [0.29, 0.717) is 0 Å². The quantitative estimate of drug-likeness (QED) is 0.320. The largest absolute Gasteiger partial charge is 0.267 e. The van der Waals surface area contributed by atoms with E-state index in [1.807, 2.05) is 0 Å². The molecule has 0 saturated heterocycles. The minimum atomic E-state index is -0.847. The highest BCUT2D eigenvalue weighted by Crippen LogP contribution is 2.03. The predicted octanol–water partition coefficient (Wildman–Crippen LogP) is 0.931. The second-order valence-corrected chi connectivity index (χ2v) is 2.23. The van der Waals surface area contributed by atoms with Gasteiger partial charge in [0, 0.05) is 11.0 Å². The Kier molecular flexibility index (Phi) is 1.91. The van der Waals surface area contributed by atoms with Gasteiger partial charge in [0.2, 0.25) is 0 Å². The normalized spacial score (nSPS) is 23.2. The van der Waals surface area contributed by atoms with Crippen LogP contribution in [0.2, 0.25) is 0 Å². The van der Waals surface area contributed by atoms with Crippen molar-refractivity contribution in [3.05, 3.63) is 34.4 Å². The summed E-state index contributed by atoms with van der Waals surface area (Å²) in [4.78, 5) is 9.99. The summed E-state index contributed by atoms with van der Waals surface area (Å²) in [6.45, 7) is 0. The Morgan fingerprint density at radius 3 is 2.90 bits per heavy atom. The summed E-state index contributed by atoms with van der Waals surface area (Å²) >= 11 is 4.67. The molecule has 0 spiro atoms. The van der Waals surface area contributed by atoms with Gasteiger partial charge in [0.15, 0.2) is 0 Å². The minimum absolute atomic E-state index is 0.243. The van der Waals surface area contributed by atoms with Gasteiger partial charge in [0.05, 0.1) is 0 Å². The van der Waals surface area contributed by atoms with Crippen LogP contribution in [0, 0.1) is 16.2 Å². The summed E-state index contributed by atoms with van der Waals surface area (Å²) in [5.74, 6) is 0. The molecular weight excluding hydrogens is 150 g/mol. The van der Waals surface area contributed by atoms with Gasteiger partial charge in [-0.15, -0.1) is 0 Å². The fourth-order valence-corrected chi connectivity index (χ4v) is 0.863. The highest BCUT2D eigenvalue weighted by Gasteiger charge is 2.21. The standard InChI is InChI=1S/C6H4NO2S/c8-7(9)5-3-1-2-4-6(5)10/h1-3,5H. The van der Waals surface area contributed by atoms with Gasteiger partial charge in [-0.2, -0.15) is 0 Å². The van der Waals surface area contributed by atoms with E-state index in [4.69, 9.17) is 0 Å². The highest BCUT2D eigenvalue weighted by molar-refractivity contribution is 7.80. The number of nitro groups is 1. The summed E-state index contributed by atoms with van der Waals surface area (Å²) in [6, 6.07) is -0.847. The van der Waals surface area contributed by atoms with E-state index >= 15 is 0 Å². The van der Waals surface area contributed by atoms with Crippen LogP contribution < -0.4 is 0 Å². The highest BCUT2D eigenvalue weighted by atomic mass is 32.1. The zero-order valence-electron chi connectivity index (χ0n) is 4.98. The second-order valence-electron chi connectivity index (χ2n) is 1.79. The Balaban J connectivity index is 2.80. The van der Waals surface area contributed by atoms with Crippen molar-refractivity contribution in [3.8, 4) is 0 Å². The molecule has 0 aromatic heterocycles. The molecule has 0 N–H and O–H groups in total. The zero-order valence-corrected chi connectivity index (χ0v) is 5.80. The van der Waals surface area contributed by atoms with Crippen molar-refractivity contribution in [2.24, 2.45) is 0 Å². The molecule has 4 heteroatoms. The smallest absolute Gasteiger partial charge is 0.264 e. The third-order valence-electron chi connectivity index (χ3n) is 1.11. The number of allylic oxidation sites excluding steroid dienone is 2. The van der Waals surface area contributed by atoms with Crippen molar-refractivity contribution in [2.75, 3.05) is 0 Å². The molecule has 0 fully saturated rings. The fourth-order valence-electron chi connectivity index (χ4n) is 0.630. The van der Waals surface area contributed by atoms with Crippen LogP contribution in [0.1, 0.15) is 0 Å². The molecule has 1 aliphatic carbocycles. The molecule has 1 atom stereocenters. The molecule has 0 heterocycles. The molecular formula is C6H4NO2S. The van der Waals surface area contributed by atoms with Crippen LogP contribution in [0.4, 0.5) is 0 Å². The topological polar surface area (TPSA) is 43.1 Å². The lowest BCUT2D eigenvalue weighted by Gasteiger charge is -2.03. The molecule has 3 nitrogen and oxygen atoms in total. The number of hydrogen-bond donors (Lipinski definition) is 0. The molecule has 0 bridgehead atoms. The maximum atomic E-state index is 10.2. The van der Waals surface area contributed by atoms with E-state index in [1.54, 1.807) is 12.2 Å². The first-order chi connectivity index (χ1) is 4.72. The summed E-state index contributed by atoms with van der Waals surface area (Å²) in [5, 5.41) is 10.2. The molecule has 0 amide bonds. The molecule has 51 valence electrons. The predicted molar refractivity (Wildman–Crippen MR) is 40.3 cm³/mol. The van der Waals surface area contributed by atoms with Crippen LogP contribution in [0.25, 0.3) is 0 Å². The van der Waals surface area contributed by atoms with Gasteiger partial charge >= 0.3 is 0 Å². The van der Waals surface area contributed by atoms with E-state index in [-0.39, 0.29) is 4.86 Å². The summed E-state index contributed by atoms with van der Waals surface area (Å²) in [7, 11) is 0. The number of thiocarbonyl (C=S) groups is 1. The van der Waals surface area contributed by atoms with Gasteiger partial charge in [-0.25, -0.2) is 0 Å². The lowest BCUT2D eigenvalue weighted by Crippen LogP contribution is -2.25. The van der Waals surface area contributed by atoms with Crippen molar-refractivity contribution in [2.45, 2.75) is 6.04 Å². The first-order valence-electron chi connectivity index (χ1n) is 2.65. The lowest BCUT2D eigenvalue weighted by atomic mass is 10.1. The van der Waals surface area contributed by atoms with Crippen LogP contribution >= 0.6 is 12.2 Å². The van der Waals surface area contributed by atoms with Crippen LogP contribution in [-0.2, 0) is 0 Å². The first kappa shape index (κ1) is 7.08. The van der Waals surface area contributed by atoms with Gasteiger partial charge in [-0.05, 0) is 6.08 Å². The molecule has 0 aromatic rings. The molecule has 0 aromatic carbocycles. The Morgan fingerprint density at radius 1 is 1.80 bits per heavy atom. The van der Waals surface area contributed by atoms with E-state index in [0.717, 1.165) is 0 Å². The van der Waals surface area contributed by atoms with Crippen LogP contribution in [-0.4, -0.2) is 15.8 Å². The minimum Gasteiger partial charge on any atom is -0.264 e. The van der Waals surface area contributed by atoms with Gasteiger partial charge in [0.1, 0.15) is 4.86 Å². The van der Waals surface area contributed by atoms with Gasteiger partial charge in [-0.3, -0.25) is 10.1 Å². The Bertz CT molecular complexity index is 232. The maximum absolute atomic E-state index is 10.2. The zero-order chi connectivity index (χ0) is 7.56. The summed E-state index contributed by atoms with van der Waals surface area (Å²) in [5.41, 5.74) is 0. The Hall–Kier alpha value is -1.03. The van der Waals surface area contributed by atoms with Crippen molar-refractivity contribution < 1.29 is 4.92 Å². The molecule has 0 saturated carbocycles.